The van der Waals surface area contributed by atoms with E-state index in [1.807, 2.05) is 0 Å². The van der Waals surface area contributed by atoms with Crippen molar-refractivity contribution >= 4 is 5.97 Å². The first-order valence-electron chi connectivity index (χ1n) is 5.17. The minimum atomic E-state index is -0.274. The maximum absolute atomic E-state index is 12.6. The summed E-state index contributed by atoms with van der Waals surface area (Å²) in [5.41, 5.74) is 0.823. The molecule has 2 nitrogen and oxygen atoms in total. The second-order valence-corrected chi connectivity index (χ2v) is 3.86. The van der Waals surface area contributed by atoms with Gasteiger partial charge in [0.15, 0.2) is 0 Å². The standard InChI is InChI=1S/C12H13FO2/c13-11-6-4-9(5-7-11)8-15-12(14)10-2-1-3-10/h4-7,10H,1-3,8H2. The molecular weight excluding hydrogens is 195 g/mol. The lowest BCUT2D eigenvalue weighted by Gasteiger charge is -2.23. The average Bonchev–Trinajstić information content (AvgIpc) is 2.14. The highest BCUT2D eigenvalue weighted by Crippen LogP contribution is 2.27. The molecule has 1 fully saturated rings. The van der Waals surface area contributed by atoms with Crippen LogP contribution >= 0.6 is 0 Å². The third-order valence-corrected chi connectivity index (χ3v) is 2.73. The smallest absolute Gasteiger partial charge is 0.309 e. The fourth-order valence-electron chi connectivity index (χ4n) is 1.50. The predicted molar refractivity (Wildman–Crippen MR) is 53.5 cm³/mol. The van der Waals surface area contributed by atoms with Crippen molar-refractivity contribution in [2.75, 3.05) is 0 Å². The largest absolute Gasteiger partial charge is 0.461 e. The SMILES string of the molecule is O=C(OCc1ccc(F)cc1)C1CCC1. The number of rotatable bonds is 3. The number of esters is 1. The van der Waals surface area contributed by atoms with Crippen molar-refractivity contribution in [1.29, 1.82) is 0 Å². The summed E-state index contributed by atoms with van der Waals surface area (Å²) >= 11 is 0. The van der Waals surface area contributed by atoms with E-state index in [2.05, 4.69) is 0 Å². The molecule has 0 bridgehead atoms. The Kier molecular flexibility index (Phi) is 2.99. The van der Waals surface area contributed by atoms with Gasteiger partial charge in [-0.1, -0.05) is 18.6 Å². The quantitative estimate of drug-likeness (QED) is 0.714. The van der Waals surface area contributed by atoms with E-state index in [0.717, 1.165) is 24.8 Å². The molecule has 0 spiro atoms. The van der Waals surface area contributed by atoms with Crippen LogP contribution in [0.25, 0.3) is 0 Å². The van der Waals surface area contributed by atoms with Crippen LogP contribution in [0.1, 0.15) is 24.8 Å². The van der Waals surface area contributed by atoms with Gasteiger partial charge in [-0.15, -0.1) is 0 Å². The summed E-state index contributed by atoms with van der Waals surface area (Å²) in [6.07, 6.45) is 3.01. The van der Waals surface area contributed by atoms with Crippen molar-refractivity contribution in [2.45, 2.75) is 25.9 Å². The molecule has 1 aliphatic carbocycles. The van der Waals surface area contributed by atoms with Gasteiger partial charge in [-0.3, -0.25) is 4.79 Å². The van der Waals surface area contributed by atoms with Crippen LogP contribution in [-0.4, -0.2) is 5.97 Å². The van der Waals surface area contributed by atoms with E-state index in [9.17, 15) is 9.18 Å². The van der Waals surface area contributed by atoms with Crippen molar-refractivity contribution in [1.82, 2.24) is 0 Å². The lowest BCUT2D eigenvalue weighted by molar-refractivity contribution is -0.152. The van der Waals surface area contributed by atoms with Gasteiger partial charge in [0.2, 0.25) is 0 Å². The molecule has 1 aromatic rings. The lowest BCUT2D eigenvalue weighted by Crippen LogP contribution is -2.23. The summed E-state index contributed by atoms with van der Waals surface area (Å²) in [6, 6.07) is 5.99. The second kappa shape index (κ2) is 4.43. The number of ether oxygens (including phenoxy) is 1. The number of hydrogen-bond donors (Lipinski definition) is 0. The predicted octanol–water partition coefficient (Wildman–Crippen LogP) is 2.67. The Morgan fingerprint density at radius 1 is 1.33 bits per heavy atom. The van der Waals surface area contributed by atoms with Crippen LogP contribution in [0.15, 0.2) is 24.3 Å². The Morgan fingerprint density at radius 3 is 2.53 bits per heavy atom. The van der Waals surface area contributed by atoms with Gasteiger partial charge in [0.25, 0.3) is 0 Å². The van der Waals surface area contributed by atoms with Crippen molar-refractivity contribution in [2.24, 2.45) is 5.92 Å². The first-order valence-corrected chi connectivity index (χ1v) is 5.17. The Hall–Kier alpha value is -1.38. The molecule has 1 aromatic carbocycles. The first kappa shape index (κ1) is 10.1. The zero-order valence-corrected chi connectivity index (χ0v) is 8.41. The molecule has 0 radical (unpaired) electrons. The highest BCUT2D eigenvalue weighted by atomic mass is 19.1. The topological polar surface area (TPSA) is 26.3 Å². The van der Waals surface area contributed by atoms with Crippen molar-refractivity contribution < 1.29 is 13.9 Å². The van der Waals surface area contributed by atoms with E-state index in [0.29, 0.717) is 0 Å². The number of carbonyl (C=O) groups is 1. The second-order valence-electron chi connectivity index (χ2n) is 3.86. The Balaban J connectivity index is 1.82. The molecule has 0 unspecified atom stereocenters. The zero-order chi connectivity index (χ0) is 10.7. The van der Waals surface area contributed by atoms with E-state index in [-0.39, 0.29) is 24.3 Å². The first-order chi connectivity index (χ1) is 7.25. The van der Waals surface area contributed by atoms with Gasteiger partial charge in [0.05, 0.1) is 5.92 Å². The van der Waals surface area contributed by atoms with Crippen LogP contribution in [0, 0.1) is 11.7 Å². The van der Waals surface area contributed by atoms with Crippen LogP contribution in [0.2, 0.25) is 0 Å². The van der Waals surface area contributed by atoms with Gasteiger partial charge in [0.1, 0.15) is 12.4 Å². The normalized spacial score (nSPS) is 15.8. The van der Waals surface area contributed by atoms with Gasteiger partial charge in [-0.05, 0) is 30.5 Å². The molecule has 0 heterocycles. The summed E-state index contributed by atoms with van der Waals surface area (Å²) in [5, 5.41) is 0. The summed E-state index contributed by atoms with van der Waals surface area (Å²) in [4.78, 5) is 11.4. The maximum atomic E-state index is 12.6. The number of benzene rings is 1. The number of halogens is 1. The lowest BCUT2D eigenvalue weighted by atomic mass is 9.86. The average molecular weight is 208 g/mol. The summed E-state index contributed by atoms with van der Waals surface area (Å²) < 4.78 is 17.7. The van der Waals surface area contributed by atoms with Gasteiger partial charge >= 0.3 is 5.97 Å². The highest BCUT2D eigenvalue weighted by Gasteiger charge is 2.26. The fraction of sp³-hybridized carbons (Fsp3) is 0.417. The zero-order valence-electron chi connectivity index (χ0n) is 8.41. The van der Waals surface area contributed by atoms with E-state index in [4.69, 9.17) is 4.74 Å². The van der Waals surface area contributed by atoms with Crippen LogP contribution in [-0.2, 0) is 16.1 Å². The van der Waals surface area contributed by atoms with E-state index in [1.165, 1.54) is 12.1 Å². The molecule has 2 rings (SSSR count). The van der Waals surface area contributed by atoms with Crippen LogP contribution < -0.4 is 0 Å². The van der Waals surface area contributed by atoms with Gasteiger partial charge in [-0.2, -0.15) is 0 Å². The monoisotopic (exact) mass is 208 g/mol. The van der Waals surface area contributed by atoms with Gasteiger partial charge in [0, 0.05) is 0 Å². The molecule has 0 aromatic heterocycles. The summed E-state index contributed by atoms with van der Waals surface area (Å²) in [6.45, 7) is 0.246. The van der Waals surface area contributed by atoms with E-state index in [1.54, 1.807) is 12.1 Å². The molecule has 80 valence electrons. The molecule has 1 aliphatic rings. The maximum Gasteiger partial charge on any atom is 0.309 e. The molecule has 0 saturated heterocycles. The van der Waals surface area contributed by atoms with Crippen LogP contribution in [0.4, 0.5) is 4.39 Å². The fourth-order valence-corrected chi connectivity index (χ4v) is 1.50. The van der Waals surface area contributed by atoms with Crippen molar-refractivity contribution in [3.63, 3.8) is 0 Å². The molecule has 15 heavy (non-hydrogen) atoms. The number of hydrogen-bond acceptors (Lipinski definition) is 2. The molecule has 1 saturated carbocycles. The van der Waals surface area contributed by atoms with Gasteiger partial charge in [-0.25, -0.2) is 4.39 Å². The van der Waals surface area contributed by atoms with E-state index >= 15 is 0 Å². The number of carbonyl (C=O) groups excluding carboxylic acids is 1. The molecular formula is C12H13FO2. The molecule has 0 amide bonds. The third kappa shape index (κ3) is 2.55. The highest BCUT2D eigenvalue weighted by molar-refractivity contribution is 5.73. The summed E-state index contributed by atoms with van der Waals surface area (Å²) in [7, 11) is 0. The summed E-state index contributed by atoms with van der Waals surface area (Å²) in [5.74, 6) is -0.292. The minimum Gasteiger partial charge on any atom is -0.461 e. The Bertz CT molecular complexity index is 341. The molecule has 0 atom stereocenters. The Morgan fingerprint density at radius 2 is 2.00 bits per heavy atom. The molecule has 0 aliphatic heterocycles. The van der Waals surface area contributed by atoms with E-state index < -0.39 is 0 Å². The third-order valence-electron chi connectivity index (χ3n) is 2.73. The van der Waals surface area contributed by atoms with Crippen molar-refractivity contribution in [3.8, 4) is 0 Å². The van der Waals surface area contributed by atoms with Gasteiger partial charge < -0.3 is 4.74 Å². The Labute approximate surface area is 88.1 Å². The van der Waals surface area contributed by atoms with Crippen molar-refractivity contribution in [3.05, 3.63) is 35.6 Å². The molecule has 3 heteroatoms. The van der Waals surface area contributed by atoms with Crippen LogP contribution in [0.5, 0.6) is 0 Å². The van der Waals surface area contributed by atoms with Crippen LogP contribution in [0.3, 0.4) is 0 Å². The minimum absolute atomic E-state index is 0.102. The molecule has 0 N–H and O–H groups in total.